The molecule has 0 radical (unpaired) electrons. The SMILES string of the molecule is CN1CCC(NC(=O)Cc2cccc(F)c2F)CC1=O. The minimum Gasteiger partial charge on any atom is -0.352 e. The lowest BCUT2D eigenvalue weighted by Crippen LogP contribution is -2.46. The van der Waals surface area contributed by atoms with Crippen molar-refractivity contribution in [3.63, 3.8) is 0 Å². The molecule has 1 saturated heterocycles. The normalized spacial score (nSPS) is 19.1. The number of rotatable bonds is 3. The standard InChI is InChI=1S/C14H16F2N2O2/c1-18-6-5-10(8-13(18)20)17-12(19)7-9-3-2-4-11(15)14(9)16/h2-4,10H,5-8H2,1H3,(H,17,19). The van der Waals surface area contributed by atoms with E-state index in [0.717, 1.165) is 6.07 Å². The number of halogens is 2. The molecule has 1 aromatic rings. The molecule has 1 fully saturated rings. The first-order chi connectivity index (χ1) is 9.47. The van der Waals surface area contributed by atoms with Gasteiger partial charge in [-0.2, -0.15) is 0 Å². The van der Waals surface area contributed by atoms with Gasteiger partial charge in [0.1, 0.15) is 0 Å². The van der Waals surface area contributed by atoms with Gasteiger partial charge >= 0.3 is 0 Å². The average molecular weight is 282 g/mol. The zero-order chi connectivity index (χ0) is 14.7. The maximum absolute atomic E-state index is 13.4. The van der Waals surface area contributed by atoms with Crippen molar-refractivity contribution in [3.8, 4) is 0 Å². The highest BCUT2D eigenvalue weighted by Gasteiger charge is 2.24. The number of hydrogen-bond acceptors (Lipinski definition) is 2. The molecule has 1 N–H and O–H groups in total. The maximum Gasteiger partial charge on any atom is 0.224 e. The second-order valence-corrected chi connectivity index (χ2v) is 4.96. The summed E-state index contributed by atoms with van der Waals surface area (Å²) < 4.78 is 26.5. The summed E-state index contributed by atoms with van der Waals surface area (Å²) in [5.41, 5.74) is 0.0155. The monoisotopic (exact) mass is 282 g/mol. The molecular weight excluding hydrogens is 266 g/mol. The molecule has 108 valence electrons. The van der Waals surface area contributed by atoms with Crippen LogP contribution in [0.4, 0.5) is 8.78 Å². The molecule has 1 aliphatic heterocycles. The summed E-state index contributed by atoms with van der Waals surface area (Å²) in [7, 11) is 1.71. The number of benzene rings is 1. The molecule has 2 rings (SSSR count). The fraction of sp³-hybridized carbons (Fsp3) is 0.429. The summed E-state index contributed by atoms with van der Waals surface area (Å²) in [6, 6.07) is 3.51. The fourth-order valence-corrected chi connectivity index (χ4v) is 2.20. The van der Waals surface area contributed by atoms with Gasteiger partial charge in [0.2, 0.25) is 11.8 Å². The largest absolute Gasteiger partial charge is 0.352 e. The minimum atomic E-state index is -0.998. The predicted molar refractivity (Wildman–Crippen MR) is 68.9 cm³/mol. The van der Waals surface area contributed by atoms with Crippen molar-refractivity contribution < 1.29 is 18.4 Å². The van der Waals surface area contributed by atoms with E-state index in [-0.39, 0.29) is 30.4 Å². The van der Waals surface area contributed by atoms with Gasteiger partial charge in [-0.3, -0.25) is 9.59 Å². The highest BCUT2D eigenvalue weighted by molar-refractivity contribution is 5.81. The van der Waals surface area contributed by atoms with Crippen LogP contribution in [-0.4, -0.2) is 36.3 Å². The van der Waals surface area contributed by atoms with Crippen molar-refractivity contribution in [3.05, 3.63) is 35.4 Å². The van der Waals surface area contributed by atoms with Crippen LogP contribution in [0.1, 0.15) is 18.4 Å². The van der Waals surface area contributed by atoms with Crippen molar-refractivity contribution in [2.45, 2.75) is 25.3 Å². The lowest BCUT2D eigenvalue weighted by atomic mass is 10.0. The number of carbonyl (C=O) groups is 2. The van der Waals surface area contributed by atoms with Gasteiger partial charge in [-0.1, -0.05) is 12.1 Å². The third-order valence-corrected chi connectivity index (χ3v) is 3.41. The van der Waals surface area contributed by atoms with E-state index in [1.54, 1.807) is 11.9 Å². The molecule has 1 unspecified atom stereocenters. The zero-order valence-electron chi connectivity index (χ0n) is 11.2. The van der Waals surface area contributed by atoms with Crippen molar-refractivity contribution >= 4 is 11.8 Å². The maximum atomic E-state index is 13.4. The van der Waals surface area contributed by atoms with Crippen molar-refractivity contribution in [1.82, 2.24) is 10.2 Å². The molecule has 0 bridgehead atoms. The summed E-state index contributed by atoms with van der Waals surface area (Å²) in [6.07, 6.45) is 0.678. The first kappa shape index (κ1) is 14.4. The molecule has 0 saturated carbocycles. The van der Waals surface area contributed by atoms with Crippen LogP contribution in [0, 0.1) is 11.6 Å². The Kier molecular flexibility index (Phi) is 4.32. The molecule has 2 amide bonds. The van der Waals surface area contributed by atoms with E-state index < -0.39 is 17.5 Å². The molecule has 0 aliphatic carbocycles. The molecule has 0 spiro atoms. The first-order valence-electron chi connectivity index (χ1n) is 6.43. The van der Waals surface area contributed by atoms with Gasteiger partial charge in [-0.05, 0) is 12.5 Å². The summed E-state index contributed by atoms with van der Waals surface area (Å²) >= 11 is 0. The molecule has 4 nitrogen and oxygen atoms in total. The second kappa shape index (κ2) is 5.98. The highest BCUT2D eigenvalue weighted by atomic mass is 19.2. The van der Waals surface area contributed by atoms with Crippen LogP contribution in [0.2, 0.25) is 0 Å². The Morgan fingerprint density at radius 2 is 2.20 bits per heavy atom. The minimum absolute atomic E-state index is 0.0155. The van der Waals surface area contributed by atoms with E-state index in [4.69, 9.17) is 0 Å². The summed E-state index contributed by atoms with van der Waals surface area (Å²) in [4.78, 5) is 24.9. The van der Waals surface area contributed by atoms with E-state index in [9.17, 15) is 18.4 Å². The zero-order valence-corrected chi connectivity index (χ0v) is 11.2. The number of nitrogens with one attached hydrogen (secondary N) is 1. The average Bonchev–Trinajstić information content (AvgIpc) is 2.39. The molecule has 0 aromatic heterocycles. The smallest absolute Gasteiger partial charge is 0.224 e. The predicted octanol–water partition coefficient (Wildman–Crippen LogP) is 1.24. The number of piperidine rings is 1. The van der Waals surface area contributed by atoms with E-state index in [2.05, 4.69) is 5.32 Å². The van der Waals surface area contributed by atoms with Crippen molar-refractivity contribution in [2.75, 3.05) is 13.6 Å². The Morgan fingerprint density at radius 3 is 2.90 bits per heavy atom. The van der Waals surface area contributed by atoms with E-state index in [0.29, 0.717) is 13.0 Å². The molecular formula is C14H16F2N2O2. The molecule has 1 atom stereocenters. The summed E-state index contributed by atoms with van der Waals surface area (Å²) in [5.74, 6) is -2.40. The van der Waals surface area contributed by atoms with E-state index in [1.807, 2.05) is 0 Å². The second-order valence-electron chi connectivity index (χ2n) is 4.96. The van der Waals surface area contributed by atoms with Gasteiger partial charge in [0.25, 0.3) is 0 Å². The number of amides is 2. The van der Waals surface area contributed by atoms with Crippen LogP contribution in [0.15, 0.2) is 18.2 Å². The van der Waals surface area contributed by atoms with Crippen molar-refractivity contribution in [2.24, 2.45) is 0 Å². The van der Waals surface area contributed by atoms with Gasteiger partial charge in [-0.25, -0.2) is 8.78 Å². The highest BCUT2D eigenvalue weighted by Crippen LogP contribution is 2.13. The van der Waals surface area contributed by atoms with E-state index in [1.165, 1.54) is 12.1 Å². The lowest BCUT2D eigenvalue weighted by Gasteiger charge is -2.29. The van der Waals surface area contributed by atoms with Crippen LogP contribution < -0.4 is 5.32 Å². The quantitative estimate of drug-likeness (QED) is 0.907. The van der Waals surface area contributed by atoms with E-state index >= 15 is 0 Å². The van der Waals surface area contributed by atoms with Crippen LogP contribution in [-0.2, 0) is 16.0 Å². The number of nitrogens with zero attached hydrogens (tertiary/aromatic N) is 1. The first-order valence-corrected chi connectivity index (χ1v) is 6.43. The number of carbonyl (C=O) groups excluding carboxylic acids is 2. The van der Waals surface area contributed by atoms with Crippen LogP contribution >= 0.6 is 0 Å². The molecule has 20 heavy (non-hydrogen) atoms. The van der Waals surface area contributed by atoms with Gasteiger partial charge in [-0.15, -0.1) is 0 Å². The number of hydrogen-bond donors (Lipinski definition) is 1. The molecule has 6 heteroatoms. The van der Waals surface area contributed by atoms with Gasteiger partial charge in [0, 0.05) is 31.6 Å². The Morgan fingerprint density at radius 1 is 1.45 bits per heavy atom. The molecule has 1 aliphatic rings. The van der Waals surface area contributed by atoms with Gasteiger partial charge < -0.3 is 10.2 Å². The Hall–Kier alpha value is -1.98. The molecule has 1 heterocycles. The van der Waals surface area contributed by atoms with Gasteiger partial charge in [0.05, 0.1) is 6.42 Å². The lowest BCUT2D eigenvalue weighted by molar-refractivity contribution is -0.133. The van der Waals surface area contributed by atoms with Crippen LogP contribution in [0.25, 0.3) is 0 Å². The third-order valence-electron chi connectivity index (χ3n) is 3.41. The Bertz CT molecular complexity index is 534. The Balaban J connectivity index is 1.93. The van der Waals surface area contributed by atoms with Crippen LogP contribution in [0.3, 0.4) is 0 Å². The topological polar surface area (TPSA) is 49.4 Å². The molecule has 1 aromatic carbocycles. The van der Waals surface area contributed by atoms with Gasteiger partial charge in [0.15, 0.2) is 11.6 Å². The third kappa shape index (κ3) is 3.31. The van der Waals surface area contributed by atoms with Crippen molar-refractivity contribution in [1.29, 1.82) is 0 Å². The summed E-state index contributed by atoms with van der Waals surface area (Å²) in [5, 5.41) is 2.69. The van der Waals surface area contributed by atoms with Crippen LogP contribution in [0.5, 0.6) is 0 Å². The summed E-state index contributed by atoms with van der Waals surface area (Å²) in [6.45, 7) is 0.581. The Labute approximate surface area is 115 Å². The fourth-order valence-electron chi connectivity index (χ4n) is 2.20. The number of likely N-dealkylation sites (tertiary alicyclic amines) is 1.